The number of rotatable bonds is 8. The van der Waals surface area contributed by atoms with Crippen molar-refractivity contribution < 1.29 is 26.7 Å². The van der Waals surface area contributed by atoms with Gasteiger partial charge in [-0.2, -0.15) is 8.78 Å². The number of sulfonamides is 1. The van der Waals surface area contributed by atoms with Crippen molar-refractivity contribution in [1.82, 2.24) is 4.72 Å². The maximum atomic E-state index is 12.1. The third-order valence-electron chi connectivity index (χ3n) is 3.11. The highest BCUT2D eigenvalue weighted by Crippen LogP contribution is 2.18. The van der Waals surface area contributed by atoms with Crippen LogP contribution >= 0.6 is 11.6 Å². The van der Waals surface area contributed by atoms with Crippen LogP contribution in [0, 0.1) is 0 Å². The van der Waals surface area contributed by atoms with Crippen molar-refractivity contribution in [3.8, 4) is 5.75 Å². The molecule has 0 saturated heterocycles. The predicted octanol–water partition coefficient (Wildman–Crippen LogP) is 3.25. The van der Waals surface area contributed by atoms with E-state index in [4.69, 9.17) is 11.6 Å². The van der Waals surface area contributed by atoms with Crippen molar-refractivity contribution in [1.29, 1.82) is 0 Å². The van der Waals surface area contributed by atoms with Gasteiger partial charge in [0.2, 0.25) is 15.9 Å². The van der Waals surface area contributed by atoms with Crippen LogP contribution in [0.2, 0.25) is 5.02 Å². The van der Waals surface area contributed by atoms with Gasteiger partial charge in [0.05, 0.1) is 4.90 Å². The molecule has 0 unspecified atom stereocenters. The van der Waals surface area contributed by atoms with E-state index in [9.17, 15) is 22.0 Å². The quantitative estimate of drug-likeness (QED) is 0.707. The fourth-order valence-corrected chi connectivity index (χ4v) is 3.29. The lowest BCUT2D eigenvalue weighted by atomic mass is 10.3. The number of nitrogens with one attached hydrogen (secondary N) is 2. The summed E-state index contributed by atoms with van der Waals surface area (Å²) < 4.78 is 54.8. The highest BCUT2D eigenvalue weighted by Gasteiger charge is 2.14. The second-order valence-electron chi connectivity index (χ2n) is 5.06. The molecule has 0 atom stereocenters. The van der Waals surface area contributed by atoms with E-state index in [0.717, 1.165) is 0 Å². The lowest BCUT2D eigenvalue weighted by Gasteiger charge is -2.09. The summed E-state index contributed by atoms with van der Waals surface area (Å²) in [5.74, 6) is -0.478. The van der Waals surface area contributed by atoms with E-state index >= 15 is 0 Å². The Morgan fingerprint density at radius 2 is 1.85 bits per heavy atom. The number of hydrogen-bond acceptors (Lipinski definition) is 4. The molecule has 0 aromatic heterocycles. The van der Waals surface area contributed by atoms with E-state index in [1.54, 1.807) is 6.07 Å². The first-order chi connectivity index (χ1) is 12.3. The van der Waals surface area contributed by atoms with E-state index in [1.807, 2.05) is 0 Å². The van der Waals surface area contributed by atoms with Crippen LogP contribution in [-0.2, 0) is 14.8 Å². The second-order valence-corrected chi connectivity index (χ2v) is 7.26. The molecule has 2 N–H and O–H groups in total. The van der Waals surface area contributed by atoms with Crippen molar-refractivity contribution in [2.24, 2.45) is 0 Å². The summed E-state index contributed by atoms with van der Waals surface area (Å²) >= 11 is 5.76. The van der Waals surface area contributed by atoms with Crippen LogP contribution < -0.4 is 14.8 Å². The highest BCUT2D eigenvalue weighted by atomic mass is 35.5. The number of amides is 1. The zero-order chi connectivity index (χ0) is 19.2. The van der Waals surface area contributed by atoms with Crippen LogP contribution in [0.5, 0.6) is 5.75 Å². The average Bonchev–Trinajstić information content (AvgIpc) is 2.56. The number of hydrogen-bond donors (Lipinski definition) is 2. The minimum Gasteiger partial charge on any atom is -0.435 e. The van der Waals surface area contributed by atoms with E-state index in [1.165, 1.54) is 42.5 Å². The summed E-state index contributed by atoms with van der Waals surface area (Å²) in [5, 5.41) is 2.80. The zero-order valence-corrected chi connectivity index (χ0v) is 14.9. The molecular weight excluding hydrogens is 390 g/mol. The Kier molecular flexibility index (Phi) is 6.90. The summed E-state index contributed by atoms with van der Waals surface area (Å²) in [4.78, 5) is 11.8. The summed E-state index contributed by atoms with van der Waals surface area (Å²) in [7, 11) is -3.77. The Hall–Kier alpha value is -2.23. The Labute approximate surface area is 154 Å². The van der Waals surface area contributed by atoms with Crippen molar-refractivity contribution in [3.63, 3.8) is 0 Å². The first-order valence-corrected chi connectivity index (χ1v) is 9.22. The van der Waals surface area contributed by atoms with Crippen molar-refractivity contribution in [2.45, 2.75) is 17.9 Å². The molecule has 0 bridgehead atoms. The number of benzene rings is 2. The lowest BCUT2D eigenvalue weighted by Crippen LogP contribution is -2.27. The van der Waals surface area contributed by atoms with E-state index in [2.05, 4.69) is 14.8 Å². The van der Waals surface area contributed by atoms with Gasteiger partial charge >= 0.3 is 6.61 Å². The van der Waals surface area contributed by atoms with Crippen LogP contribution in [0.4, 0.5) is 14.5 Å². The standard InChI is InChI=1S/C16H15ClF2N2O4S/c17-11-2-1-3-14(10-11)26(23,24)20-9-8-15(22)21-12-4-6-13(7-5-12)25-16(18)19/h1-7,10,16,20H,8-9H2,(H,21,22). The zero-order valence-electron chi connectivity index (χ0n) is 13.3. The molecule has 10 heteroatoms. The third-order valence-corrected chi connectivity index (χ3v) is 4.81. The number of halogens is 3. The van der Waals surface area contributed by atoms with Gasteiger partial charge in [-0.15, -0.1) is 0 Å². The molecule has 0 fully saturated rings. The molecule has 1 amide bonds. The van der Waals surface area contributed by atoms with Crippen LogP contribution in [0.1, 0.15) is 6.42 Å². The van der Waals surface area contributed by atoms with Crippen molar-refractivity contribution in [2.75, 3.05) is 11.9 Å². The fourth-order valence-electron chi connectivity index (χ4n) is 1.96. The molecule has 0 saturated carbocycles. The van der Waals surface area contributed by atoms with E-state index < -0.39 is 22.5 Å². The maximum absolute atomic E-state index is 12.1. The first kappa shape index (κ1) is 20.1. The number of alkyl halides is 2. The first-order valence-electron chi connectivity index (χ1n) is 7.36. The Balaban J connectivity index is 1.83. The van der Waals surface area contributed by atoms with Gasteiger partial charge in [-0.05, 0) is 42.5 Å². The molecule has 0 heterocycles. The Bertz CT molecular complexity index is 861. The summed E-state index contributed by atoms with van der Waals surface area (Å²) in [6.07, 6.45) is -0.116. The van der Waals surface area contributed by atoms with E-state index in [-0.39, 0.29) is 28.6 Å². The van der Waals surface area contributed by atoms with E-state index in [0.29, 0.717) is 5.69 Å². The minimum absolute atomic E-state index is 0.0000250. The van der Waals surface area contributed by atoms with Crippen molar-refractivity contribution >= 4 is 33.2 Å². The van der Waals surface area contributed by atoms with Crippen LogP contribution in [0.3, 0.4) is 0 Å². The molecule has 0 spiro atoms. The molecule has 2 aromatic rings. The van der Waals surface area contributed by atoms with Gasteiger partial charge in [0, 0.05) is 23.7 Å². The SMILES string of the molecule is O=C(CCNS(=O)(=O)c1cccc(Cl)c1)Nc1ccc(OC(F)F)cc1. The van der Waals surface area contributed by atoms with Crippen LogP contribution in [0.15, 0.2) is 53.4 Å². The van der Waals surface area contributed by atoms with Gasteiger partial charge < -0.3 is 10.1 Å². The largest absolute Gasteiger partial charge is 0.435 e. The Morgan fingerprint density at radius 3 is 2.46 bits per heavy atom. The topological polar surface area (TPSA) is 84.5 Å². The summed E-state index contributed by atoms with van der Waals surface area (Å²) in [5.41, 5.74) is 0.370. The molecule has 2 rings (SSSR count). The van der Waals surface area contributed by atoms with Gasteiger partial charge in [-0.3, -0.25) is 4.79 Å². The molecule has 0 aliphatic heterocycles. The van der Waals surface area contributed by atoms with Crippen molar-refractivity contribution in [3.05, 3.63) is 53.6 Å². The molecule has 6 nitrogen and oxygen atoms in total. The average molecular weight is 405 g/mol. The smallest absolute Gasteiger partial charge is 0.387 e. The monoisotopic (exact) mass is 404 g/mol. The molecule has 0 aliphatic carbocycles. The van der Waals surface area contributed by atoms with Crippen LogP contribution in [-0.4, -0.2) is 27.5 Å². The fraction of sp³-hybridized carbons (Fsp3) is 0.188. The lowest BCUT2D eigenvalue weighted by molar-refractivity contribution is -0.116. The van der Waals surface area contributed by atoms with Crippen LogP contribution in [0.25, 0.3) is 0 Å². The molecule has 0 aliphatic rings. The van der Waals surface area contributed by atoms with Gasteiger partial charge in [0.1, 0.15) is 5.75 Å². The molecule has 0 radical (unpaired) electrons. The molecule has 2 aromatic carbocycles. The third kappa shape index (κ3) is 6.25. The number of carbonyl (C=O) groups excluding carboxylic acids is 1. The normalized spacial score (nSPS) is 11.4. The van der Waals surface area contributed by atoms with Gasteiger partial charge in [-0.1, -0.05) is 17.7 Å². The molecular formula is C16H15ClF2N2O4S. The minimum atomic E-state index is -3.77. The predicted molar refractivity (Wildman–Crippen MR) is 93.0 cm³/mol. The number of carbonyl (C=O) groups is 1. The molecule has 140 valence electrons. The van der Waals surface area contributed by atoms with Gasteiger partial charge in [0.25, 0.3) is 0 Å². The number of ether oxygens (including phenoxy) is 1. The maximum Gasteiger partial charge on any atom is 0.387 e. The van der Waals surface area contributed by atoms with Gasteiger partial charge in [0.15, 0.2) is 0 Å². The summed E-state index contributed by atoms with van der Waals surface area (Å²) in [6, 6.07) is 11.1. The number of anilines is 1. The summed E-state index contributed by atoms with van der Waals surface area (Å²) in [6.45, 7) is -3.05. The Morgan fingerprint density at radius 1 is 1.15 bits per heavy atom. The molecule has 26 heavy (non-hydrogen) atoms. The second kappa shape index (κ2) is 8.93. The highest BCUT2D eigenvalue weighted by molar-refractivity contribution is 7.89. The van der Waals surface area contributed by atoms with Gasteiger partial charge in [-0.25, -0.2) is 13.1 Å².